The Kier molecular flexibility index (Phi) is 5.01. The van der Waals surface area contributed by atoms with E-state index in [1.54, 1.807) is 25.1 Å². The highest BCUT2D eigenvalue weighted by molar-refractivity contribution is 7.92. The van der Waals surface area contributed by atoms with E-state index >= 15 is 0 Å². The molecule has 18 heavy (non-hydrogen) atoms. The molecule has 5 nitrogen and oxygen atoms in total. The van der Waals surface area contributed by atoms with Crippen molar-refractivity contribution >= 4 is 15.7 Å². The van der Waals surface area contributed by atoms with Crippen LogP contribution in [0.1, 0.15) is 12.5 Å². The van der Waals surface area contributed by atoms with Gasteiger partial charge in [0, 0.05) is 5.56 Å². The molecule has 0 aliphatic heterocycles. The molecule has 0 bridgehead atoms. The van der Waals surface area contributed by atoms with Gasteiger partial charge in [-0.1, -0.05) is 11.8 Å². The summed E-state index contributed by atoms with van der Waals surface area (Å²) in [4.78, 5) is 0. The molecule has 1 aromatic carbocycles. The van der Waals surface area contributed by atoms with Crippen molar-refractivity contribution < 1.29 is 13.2 Å². The molecule has 0 aromatic heterocycles. The quantitative estimate of drug-likeness (QED) is 0.790. The van der Waals surface area contributed by atoms with Crippen LogP contribution in [0.3, 0.4) is 0 Å². The van der Waals surface area contributed by atoms with E-state index in [9.17, 15) is 8.42 Å². The fourth-order valence-corrected chi connectivity index (χ4v) is 1.90. The molecule has 0 unspecified atom stereocenters. The van der Waals surface area contributed by atoms with Crippen LogP contribution in [-0.2, 0) is 10.0 Å². The maximum Gasteiger partial charge on any atom is 0.232 e. The van der Waals surface area contributed by atoms with Crippen LogP contribution in [-0.4, -0.2) is 27.8 Å². The summed E-state index contributed by atoms with van der Waals surface area (Å²) in [5, 5.41) is 0. The van der Waals surface area contributed by atoms with Gasteiger partial charge in [-0.2, -0.15) is 0 Å². The lowest BCUT2D eigenvalue weighted by atomic mass is 10.2. The van der Waals surface area contributed by atoms with Crippen LogP contribution in [0.2, 0.25) is 0 Å². The summed E-state index contributed by atoms with van der Waals surface area (Å²) < 4.78 is 30.6. The number of methoxy groups -OCH3 is 1. The number of hydrogen-bond acceptors (Lipinski definition) is 4. The first-order valence-corrected chi connectivity index (χ1v) is 7.05. The van der Waals surface area contributed by atoms with Crippen LogP contribution < -0.4 is 15.2 Å². The van der Waals surface area contributed by atoms with Gasteiger partial charge in [-0.15, -0.1) is 0 Å². The molecule has 98 valence electrons. The Bertz CT molecular complexity index is 571. The molecule has 0 aliphatic rings. The van der Waals surface area contributed by atoms with Crippen LogP contribution in [0.5, 0.6) is 5.75 Å². The van der Waals surface area contributed by atoms with E-state index in [0.717, 1.165) is 0 Å². The molecule has 0 fully saturated rings. The highest BCUT2D eigenvalue weighted by Gasteiger charge is 2.11. The third-order valence-electron chi connectivity index (χ3n) is 2.18. The zero-order chi connectivity index (χ0) is 13.6. The van der Waals surface area contributed by atoms with Crippen LogP contribution in [0.4, 0.5) is 5.69 Å². The Morgan fingerprint density at radius 1 is 1.44 bits per heavy atom. The Morgan fingerprint density at radius 3 is 2.72 bits per heavy atom. The van der Waals surface area contributed by atoms with Crippen LogP contribution in [0.15, 0.2) is 18.2 Å². The van der Waals surface area contributed by atoms with Crippen LogP contribution >= 0.6 is 0 Å². The molecule has 0 aliphatic carbocycles. The SMILES string of the molecule is CCS(=O)(=O)Nc1cc(C#CCN)ccc1OC. The molecule has 1 aromatic rings. The largest absolute Gasteiger partial charge is 0.495 e. The summed E-state index contributed by atoms with van der Waals surface area (Å²) in [5.41, 5.74) is 6.34. The van der Waals surface area contributed by atoms with E-state index in [0.29, 0.717) is 17.0 Å². The lowest BCUT2D eigenvalue weighted by molar-refractivity contribution is 0.417. The molecule has 0 saturated heterocycles. The number of benzene rings is 1. The smallest absolute Gasteiger partial charge is 0.232 e. The fraction of sp³-hybridized carbons (Fsp3) is 0.333. The minimum Gasteiger partial charge on any atom is -0.495 e. The molecule has 0 atom stereocenters. The molecule has 1 rings (SSSR count). The van der Waals surface area contributed by atoms with Crippen molar-refractivity contribution in [3.05, 3.63) is 23.8 Å². The van der Waals surface area contributed by atoms with Gasteiger partial charge in [0.15, 0.2) is 0 Å². The van der Waals surface area contributed by atoms with Crippen molar-refractivity contribution in [1.29, 1.82) is 0 Å². The molecular weight excluding hydrogens is 252 g/mol. The average molecular weight is 268 g/mol. The standard InChI is InChI=1S/C12H16N2O3S/c1-3-18(15,16)14-11-9-10(5-4-8-13)6-7-12(11)17-2/h6-7,9,14H,3,8,13H2,1-2H3. The van der Waals surface area contributed by atoms with Gasteiger partial charge in [-0.3, -0.25) is 4.72 Å². The number of nitrogens with two attached hydrogens (primary N) is 1. The van der Waals surface area contributed by atoms with Crippen molar-refractivity contribution in [3.8, 4) is 17.6 Å². The number of rotatable bonds is 4. The zero-order valence-electron chi connectivity index (χ0n) is 10.4. The number of ether oxygens (including phenoxy) is 1. The first-order valence-electron chi connectivity index (χ1n) is 5.40. The number of sulfonamides is 1. The van der Waals surface area contributed by atoms with Gasteiger partial charge in [0.25, 0.3) is 0 Å². The summed E-state index contributed by atoms with van der Waals surface area (Å²) in [6, 6.07) is 5.02. The van der Waals surface area contributed by atoms with E-state index in [-0.39, 0.29) is 12.3 Å². The van der Waals surface area contributed by atoms with Gasteiger partial charge in [-0.25, -0.2) is 8.42 Å². The second kappa shape index (κ2) is 6.28. The van der Waals surface area contributed by atoms with Crippen molar-refractivity contribution in [2.45, 2.75) is 6.92 Å². The maximum absolute atomic E-state index is 11.5. The molecule has 0 radical (unpaired) electrons. The average Bonchev–Trinajstić information content (AvgIpc) is 2.36. The van der Waals surface area contributed by atoms with Gasteiger partial charge < -0.3 is 10.5 Å². The number of anilines is 1. The first kappa shape index (κ1) is 14.4. The molecule has 0 saturated carbocycles. The molecule has 3 N–H and O–H groups in total. The third-order valence-corrected chi connectivity index (χ3v) is 3.47. The molecular formula is C12H16N2O3S. The van der Waals surface area contributed by atoms with Gasteiger partial charge in [0.2, 0.25) is 10.0 Å². The Balaban J connectivity index is 3.14. The van der Waals surface area contributed by atoms with Crippen molar-refractivity contribution in [2.75, 3.05) is 24.1 Å². The molecule has 0 spiro atoms. The Hall–Kier alpha value is -1.71. The Labute approximate surface area is 107 Å². The first-order chi connectivity index (χ1) is 8.52. The van der Waals surface area contributed by atoms with E-state index in [1.807, 2.05) is 0 Å². The van der Waals surface area contributed by atoms with E-state index in [2.05, 4.69) is 16.6 Å². The minimum atomic E-state index is -3.35. The molecule has 6 heteroatoms. The van der Waals surface area contributed by atoms with Gasteiger partial charge in [0.1, 0.15) is 5.75 Å². The lowest BCUT2D eigenvalue weighted by Crippen LogP contribution is -2.15. The van der Waals surface area contributed by atoms with Crippen LogP contribution in [0, 0.1) is 11.8 Å². The van der Waals surface area contributed by atoms with Crippen LogP contribution in [0.25, 0.3) is 0 Å². The van der Waals surface area contributed by atoms with E-state index in [1.165, 1.54) is 7.11 Å². The summed E-state index contributed by atoms with van der Waals surface area (Å²) in [7, 11) is -1.87. The van der Waals surface area contributed by atoms with Gasteiger partial charge in [-0.05, 0) is 25.1 Å². The molecule has 0 amide bonds. The van der Waals surface area contributed by atoms with E-state index < -0.39 is 10.0 Å². The predicted molar refractivity (Wildman–Crippen MR) is 72.0 cm³/mol. The van der Waals surface area contributed by atoms with Crippen molar-refractivity contribution in [1.82, 2.24) is 0 Å². The second-order valence-corrected chi connectivity index (χ2v) is 5.44. The highest BCUT2D eigenvalue weighted by Crippen LogP contribution is 2.26. The summed E-state index contributed by atoms with van der Waals surface area (Å²) >= 11 is 0. The lowest BCUT2D eigenvalue weighted by Gasteiger charge is -2.11. The topological polar surface area (TPSA) is 81.4 Å². The summed E-state index contributed by atoms with van der Waals surface area (Å²) in [5.74, 6) is 5.98. The highest BCUT2D eigenvalue weighted by atomic mass is 32.2. The normalized spacial score (nSPS) is 10.4. The monoisotopic (exact) mass is 268 g/mol. The fourth-order valence-electron chi connectivity index (χ4n) is 1.26. The second-order valence-electron chi connectivity index (χ2n) is 3.43. The predicted octanol–water partition coefficient (Wildman–Crippen LogP) is 0.767. The number of hydrogen-bond donors (Lipinski definition) is 2. The van der Waals surface area contributed by atoms with Crippen molar-refractivity contribution in [2.24, 2.45) is 5.73 Å². The summed E-state index contributed by atoms with van der Waals surface area (Å²) in [6.45, 7) is 1.81. The maximum atomic E-state index is 11.5. The number of nitrogens with one attached hydrogen (secondary N) is 1. The van der Waals surface area contributed by atoms with Gasteiger partial charge >= 0.3 is 0 Å². The van der Waals surface area contributed by atoms with E-state index in [4.69, 9.17) is 10.5 Å². The zero-order valence-corrected chi connectivity index (χ0v) is 11.2. The minimum absolute atomic E-state index is 0.00510. The van der Waals surface area contributed by atoms with Crippen molar-refractivity contribution in [3.63, 3.8) is 0 Å². The summed E-state index contributed by atoms with van der Waals surface area (Å²) in [6.07, 6.45) is 0. The Morgan fingerprint density at radius 2 is 2.17 bits per heavy atom. The van der Waals surface area contributed by atoms with Gasteiger partial charge in [0.05, 0.1) is 25.1 Å². The molecule has 0 heterocycles. The third kappa shape index (κ3) is 3.95.